The fourth-order valence-corrected chi connectivity index (χ4v) is 1.93. The third-order valence-corrected chi connectivity index (χ3v) is 2.99. The second-order valence-corrected chi connectivity index (χ2v) is 4.24. The molecule has 8 heteroatoms. The van der Waals surface area contributed by atoms with Gasteiger partial charge in [0.05, 0.1) is 19.0 Å². The number of anilines is 1. The number of carbonyl (C=O) groups excluding carboxylic acids is 1. The predicted molar refractivity (Wildman–Crippen MR) is 69.8 cm³/mol. The summed E-state index contributed by atoms with van der Waals surface area (Å²) in [6.07, 6.45) is 2.36. The van der Waals surface area contributed by atoms with Crippen LogP contribution in [0.1, 0.15) is 17.4 Å². The maximum atomic E-state index is 11.6. The molecule has 108 valence electrons. The molecule has 2 heterocycles. The summed E-state index contributed by atoms with van der Waals surface area (Å²) in [7, 11) is 0. The van der Waals surface area contributed by atoms with Crippen LogP contribution in [0, 0.1) is 0 Å². The molecule has 0 atom stereocenters. The molecular weight excluding hydrogens is 264 g/mol. The van der Waals surface area contributed by atoms with Crippen LogP contribution in [0.5, 0.6) is 0 Å². The molecule has 2 rings (SSSR count). The van der Waals surface area contributed by atoms with Crippen LogP contribution in [0.15, 0.2) is 12.4 Å². The first-order valence-corrected chi connectivity index (χ1v) is 6.33. The Morgan fingerprint density at radius 1 is 1.25 bits per heavy atom. The molecule has 1 aromatic rings. The molecule has 0 aromatic carbocycles. The maximum Gasteiger partial charge on any atom is 0.409 e. The number of hydrogen-bond donors (Lipinski definition) is 1. The van der Waals surface area contributed by atoms with E-state index in [4.69, 9.17) is 9.84 Å². The van der Waals surface area contributed by atoms with Gasteiger partial charge in [0.25, 0.3) is 0 Å². The lowest BCUT2D eigenvalue weighted by atomic mass is 10.3. The number of carboxylic acid groups (broad SMARTS) is 1. The normalized spacial score (nSPS) is 15.1. The topological polar surface area (TPSA) is 95.9 Å². The van der Waals surface area contributed by atoms with Gasteiger partial charge in [-0.25, -0.2) is 19.6 Å². The zero-order chi connectivity index (χ0) is 14.5. The lowest BCUT2D eigenvalue weighted by Crippen LogP contribution is -2.49. The average Bonchev–Trinajstić information content (AvgIpc) is 2.48. The molecule has 0 radical (unpaired) electrons. The monoisotopic (exact) mass is 280 g/mol. The van der Waals surface area contributed by atoms with E-state index in [1.807, 2.05) is 4.90 Å². The lowest BCUT2D eigenvalue weighted by molar-refractivity contribution is 0.0689. The summed E-state index contributed by atoms with van der Waals surface area (Å²) in [4.78, 5) is 33.7. The highest BCUT2D eigenvalue weighted by atomic mass is 16.6. The zero-order valence-electron chi connectivity index (χ0n) is 11.2. The molecule has 1 aromatic heterocycles. The van der Waals surface area contributed by atoms with E-state index in [2.05, 4.69) is 9.97 Å². The first kappa shape index (κ1) is 14.0. The molecule has 0 saturated carbocycles. The van der Waals surface area contributed by atoms with E-state index >= 15 is 0 Å². The van der Waals surface area contributed by atoms with Gasteiger partial charge in [0.15, 0.2) is 5.69 Å². The summed E-state index contributed by atoms with van der Waals surface area (Å²) in [5.74, 6) is -0.491. The molecule has 0 aliphatic carbocycles. The Labute approximate surface area is 116 Å². The van der Waals surface area contributed by atoms with E-state index in [1.165, 1.54) is 12.4 Å². The van der Waals surface area contributed by atoms with Crippen molar-refractivity contribution in [1.29, 1.82) is 0 Å². The summed E-state index contributed by atoms with van der Waals surface area (Å²) >= 11 is 0. The van der Waals surface area contributed by atoms with Crippen molar-refractivity contribution in [2.75, 3.05) is 37.7 Å². The number of rotatable bonds is 3. The minimum absolute atomic E-state index is 0.0843. The Kier molecular flexibility index (Phi) is 4.34. The van der Waals surface area contributed by atoms with Gasteiger partial charge in [-0.3, -0.25) is 0 Å². The van der Waals surface area contributed by atoms with Gasteiger partial charge in [-0.2, -0.15) is 0 Å². The molecule has 8 nitrogen and oxygen atoms in total. The average molecular weight is 280 g/mol. The minimum atomic E-state index is -1.10. The van der Waals surface area contributed by atoms with Gasteiger partial charge in [0, 0.05) is 26.2 Å². The number of nitrogens with zero attached hydrogens (tertiary/aromatic N) is 4. The lowest BCUT2D eigenvalue weighted by Gasteiger charge is -2.34. The third kappa shape index (κ3) is 3.14. The number of aromatic carboxylic acids is 1. The Hall–Kier alpha value is -2.38. The Morgan fingerprint density at radius 3 is 2.45 bits per heavy atom. The third-order valence-electron chi connectivity index (χ3n) is 2.99. The second-order valence-electron chi connectivity index (χ2n) is 4.24. The van der Waals surface area contributed by atoms with Crippen molar-refractivity contribution in [3.8, 4) is 0 Å². The van der Waals surface area contributed by atoms with E-state index in [1.54, 1.807) is 11.8 Å². The summed E-state index contributed by atoms with van der Waals surface area (Å²) < 4.78 is 4.94. The van der Waals surface area contributed by atoms with Crippen LogP contribution in [0.3, 0.4) is 0 Å². The highest BCUT2D eigenvalue weighted by Crippen LogP contribution is 2.13. The van der Waals surface area contributed by atoms with E-state index in [-0.39, 0.29) is 11.8 Å². The summed E-state index contributed by atoms with van der Waals surface area (Å²) in [6, 6.07) is 0. The number of amides is 1. The van der Waals surface area contributed by atoms with Crippen LogP contribution in [0.4, 0.5) is 10.6 Å². The minimum Gasteiger partial charge on any atom is -0.476 e. The molecule has 0 unspecified atom stereocenters. The zero-order valence-corrected chi connectivity index (χ0v) is 11.2. The van der Waals surface area contributed by atoms with Crippen LogP contribution in [0.25, 0.3) is 0 Å². The highest BCUT2D eigenvalue weighted by Gasteiger charge is 2.22. The number of ether oxygens (including phenoxy) is 1. The summed E-state index contributed by atoms with van der Waals surface area (Å²) in [5.41, 5.74) is -0.0843. The van der Waals surface area contributed by atoms with Crippen LogP contribution in [-0.2, 0) is 4.74 Å². The Balaban J connectivity index is 1.93. The molecule has 1 aliphatic rings. The Bertz CT molecular complexity index is 483. The van der Waals surface area contributed by atoms with Crippen LogP contribution >= 0.6 is 0 Å². The largest absolute Gasteiger partial charge is 0.476 e. The van der Waals surface area contributed by atoms with Crippen molar-refractivity contribution in [3.05, 3.63) is 18.1 Å². The van der Waals surface area contributed by atoms with Gasteiger partial charge >= 0.3 is 12.1 Å². The van der Waals surface area contributed by atoms with Gasteiger partial charge in [-0.1, -0.05) is 0 Å². The van der Waals surface area contributed by atoms with Gasteiger partial charge in [-0.15, -0.1) is 0 Å². The molecular formula is C12H16N4O4. The SMILES string of the molecule is CCOC(=O)N1CCN(c2cnc(C(=O)O)cn2)CC1. The van der Waals surface area contributed by atoms with Crippen molar-refractivity contribution in [2.45, 2.75) is 6.92 Å². The number of carboxylic acids is 1. The van der Waals surface area contributed by atoms with Crippen molar-refractivity contribution in [1.82, 2.24) is 14.9 Å². The summed E-state index contributed by atoms with van der Waals surface area (Å²) in [5, 5.41) is 8.76. The van der Waals surface area contributed by atoms with Gasteiger partial charge in [-0.05, 0) is 6.92 Å². The molecule has 0 bridgehead atoms. The number of aromatic nitrogens is 2. The molecule has 1 aliphatic heterocycles. The molecule has 1 N–H and O–H groups in total. The van der Waals surface area contributed by atoms with Crippen molar-refractivity contribution >= 4 is 17.9 Å². The fourth-order valence-electron chi connectivity index (χ4n) is 1.93. The van der Waals surface area contributed by atoms with Crippen molar-refractivity contribution in [3.63, 3.8) is 0 Å². The van der Waals surface area contributed by atoms with Gasteiger partial charge < -0.3 is 19.6 Å². The van der Waals surface area contributed by atoms with E-state index < -0.39 is 5.97 Å². The van der Waals surface area contributed by atoms with Crippen LogP contribution in [-0.4, -0.2) is 64.8 Å². The predicted octanol–water partition coefficient (Wildman–Crippen LogP) is 0.453. The highest BCUT2D eigenvalue weighted by molar-refractivity contribution is 5.84. The number of hydrogen-bond acceptors (Lipinski definition) is 6. The quantitative estimate of drug-likeness (QED) is 0.858. The maximum absolute atomic E-state index is 11.6. The molecule has 1 amide bonds. The fraction of sp³-hybridized carbons (Fsp3) is 0.500. The van der Waals surface area contributed by atoms with E-state index in [9.17, 15) is 9.59 Å². The number of carbonyl (C=O) groups is 2. The van der Waals surface area contributed by atoms with Crippen LogP contribution < -0.4 is 4.90 Å². The van der Waals surface area contributed by atoms with Gasteiger partial charge in [0.1, 0.15) is 5.82 Å². The smallest absolute Gasteiger partial charge is 0.409 e. The molecule has 1 fully saturated rings. The molecule has 20 heavy (non-hydrogen) atoms. The van der Waals surface area contributed by atoms with Crippen molar-refractivity contribution < 1.29 is 19.4 Å². The molecule has 1 saturated heterocycles. The summed E-state index contributed by atoms with van der Waals surface area (Å²) in [6.45, 7) is 4.44. The van der Waals surface area contributed by atoms with Crippen molar-refractivity contribution in [2.24, 2.45) is 0 Å². The Morgan fingerprint density at radius 2 is 1.95 bits per heavy atom. The second kappa shape index (κ2) is 6.18. The number of piperazine rings is 1. The first-order valence-electron chi connectivity index (χ1n) is 6.33. The standard InChI is InChI=1S/C12H16N4O4/c1-2-20-12(19)16-5-3-15(4-6-16)10-8-13-9(7-14-10)11(17)18/h7-8H,2-6H2,1H3,(H,17,18). The van der Waals surface area contributed by atoms with Gasteiger partial charge in [0.2, 0.25) is 0 Å². The first-order chi connectivity index (χ1) is 9.61. The van der Waals surface area contributed by atoms with Crippen LogP contribution in [0.2, 0.25) is 0 Å². The van der Waals surface area contributed by atoms with E-state index in [0.717, 1.165) is 0 Å². The molecule has 0 spiro atoms. The van der Waals surface area contributed by atoms with E-state index in [0.29, 0.717) is 38.6 Å².